The summed E-state index contributed by atoms with van der Waals surface area (Å²) in [6.07, 6.45) is -1.88. The van der Waals surface area contributed by atoms with Crippen molar-refractivity contribution in [2.24, 2.45) is 0 Å². The van der Waals surface area contributed by atoms with Gasteiger partial charge in [0.15, 0.2) is 0 Å². The predicted molar refractivity (Wildman–Crippen MR) is 120 cm³/mol. The highest BCUT2D eigenvalue weighted by molar-refractivity contribution is 5.94. The summed E-state index contributed by atoms with van der Waals surface area (Å²) in [5, 5.41) is 6.60. The number of hydrogen-bond acceptors (Lipinski definition) is 5. The van der Waals surface area contributed by atoms with E-state index in [1.165, 1.54) is 40.2 Å². The first kappa shape index (κ1) is 22.8. The molecule has 1 fully saturated rings. The summed E-state index contributed by atoms with van der Waals surface area (Å²) < 4.78 is 41.0. The van der Waals surface area contributed by atoms with E-state index in [4.69, 9.17) is 0 Å². The lowest BCUT2D eigenvalue weighted by molar-refractivity contribution is -0.137. The SMILES string of the molecule is Cc1cccc(N2CCN(CC(=O)Nc3cc(C(F)(F)F)ccc3-n3cncn3)CC2)c1C. The number of carbonyl (C=O) groups excluding carboxylic acids is 1. The minimum atomic E-state index is -4.52. The van der Waals surface area contributed by atoms with E-state index in [1.54, 1.807) is 0 Å². The number of halogens is 3. The van der Waals surface area contributed by atoms with Crippen molar-refractivity contribution in [2.45, 2.75) is 20.0 Å². The number of amides is 1. The number of hydrogen-bond donors (Lipinski definition) is 1. The second-order valence-electron chi connectivity index (χ2n) is 8.10. The fourth-order valence-electron chi connectivity index (χ4n) is 3.96. The topological polar surface area (TPSA) is 66.3 Å². The standard InChI is InChI=1S/C23H25F3N6O/c1-16-4-3-5-20(17(16)2)31-10-8-30(9-11-31)13-22(33)29-19-12-18(23(24,25)26)6-7-21(19)32-15-27-14-28-32/h3-7,12,14-15H,8-11,13H2,1-2H3,(H,29,33). The van der Waals surface area contributed by atoms with Gasteiger partial charge in [-0.3, -0.25) is 9.69 Å². The zero-order chi connectivity index (χ0) is 23.6. The van der Waals surface area contributed by atoms with Gasteiger partial charge in [-0.05, 0) is 49.2 Å². The number of anilines is 2. The zero-order valence-corrected chi connectivity index (χ0v) is 18.4. The van der Waals surface area contributed by atoms with Gasteiger partial charge in [0.1, 0.15) is 12.7 Å². The summed E-state index contributed by atoms with van der Waals surface area (Å²) in [6, 6.07) is 9.38. The molecule has 0 spiro atoms. The molecule has 0 radical (unpaired) electrons. The van der Waals surface area contributed by atoms with Crippen LogP contribution in [0.5, 0.6) is 0 Å². The molecule has 0 aliphatic carbocycles. The van der Waals surface area contributed by atoms with Crippen molar-refractivity contribution in [2.75, 3.05) is 42.9 Å². The van der Waals surface area contributed by atoms with Crippen LogP contribution in [-0.2, 0) is 11.0 Å². The smallest absolute Gasteiger partial charge is 0.369 e. The monoisotopic (exact) mass is 458 g/mol. The van der Waals surface area contributed by atoms with Gasteiger partial charge in [-0.15, -0.1) is 0 Å². The van der Waals surface area contributed by atoms with Crippen LogP contribution in [0.1, 0.15) is 16.7 Å². The van der Waals surface area contributed by atoms with Crippen molar-refractivity contribution < 1.29 is 18.0 Å². The van der Waals surface area contributed by atoms with Crippen molar-refractivity contribution in [3.05, 3.63) is 65.7 Å². The molecule has 1 saturated heterocycles. The summed E-state index contributed by atoms with van der Waals surface area (Å²) in [5.74, 6) is -0.379. The molecule has 174 valence electrons. The Hall–Kier alpha value is -3.40. The third kappa shape index (κ3) is 5.16. The molecule has 1 aliphatic rings. The summed E-state index contributed by atoms with van der Waals surface area (Å²) >= 11 is 0. The largest absolute Gasteiger partial charge is 0.416 e. The van der Waals surface area contributed by atoms with Crippen molar-refractivity contribution >= 4 is 17.3 Å². The molecule has 0 saturated carbocycles. The maximum absolute atomic E-state index is 13.2. The number of carbonyl (C=O) groups is 1. The first-order valence-corrected chi connectivity index (χ1v) is 10.6. The quantitative estimate of drug-likeness (QED) is 0.632. The van der Waals surface area contributed by atoms with E-state index in [9.17, 15) is 18.0 Å². The number of nitrogens with one attached hydrogen (secondary N) is 1. The van der Waals surface area contributed by atoms with Gasteiger partial charge in [-0.25, -0.2) is 9.67 Å². The molecule has 0 bridgehead atoms. The molecule has 2 heterocycles. The van der Waals surface area contributed by atoms with Crippen molar-refractivity contribution in [1.82, 2.24) is 19.7 Å². The van der Waals surface area contributed by atoms with Crippen LogP contribution in [0.25, 0.3) is 5.69 Å². The van der Waals surface area contributed by atoms with E-state index in [-0.39, 0.29) is 18.1 Å². The number of benzene rings is 2. The third-order valence-corrected chi connectivity index (χ3v) is 5.92. The van der Waals surface area contributed by atoms with Gasteiger partial charge in [0.05, 0.1) is 23.5 Å². The molecule has 3 aromatic rings. The molecular formula is C23H25F3N6O. The second-order valence-corrected chi connectivity index (χ2v) is 8.10. The molecule has 7 nitrogen and oxygen atoms in total. The van der Waals surface area contributed by atoms with E-state index < -0.39 is 11.7 Å². The molecule has 0 unspecified atom stereocenters. The predicted octanol–water partition coefficient (Wildman–Crippen LogP) is 3.66. The molecule has 10 heteroatoms. The lowest BCUT2D eigenvalue weighted by Gasteiger charge is -2.36. The Morgan fingerprint density at radius 1 is 1.06 bits per heavy atom. The van der Waals surface area contributed by atoms with E-state index >= 15 is 0 Å². The molecule has 1 aromatic heterocycles. The Kier molecular flexibility index (Phi) is 6.37. The summed E-state index contributed by atoms with van der Waals surface area (Å²) in [5.41, 5.74) is 3.18. The average molecular weight is 458 g/mol. The lowest BCUT2D eigenvalue weighted by Crippen LogP contribution is -2.48. The van der Waals surface area contributed by atoms with Crippen LogP contribution in [0, 0.1) is 13.8 Å². The molecule has 4 rings (SSSR count). The van der Waals surface area contributed by atoms with Crippen molar-refractivity contribution in [1.29, 1.82) is 0 Å². The van der Waals surface area contributed by atoms with Crippen LogP contribution in [0.15, 0.2) is 49.1 Å². The van der Waals surface area contributed by atoms with Crippen molar-refractivity contribution in [3.8, 4) is 5.69 Å². The Balaban J connectivity index is 1.42. The maximum atomic E-state index is 13.2. The highest BCUT2D eigenvalue weighted by Crippen LogP contribution is 2.33. The summed E-state index contributed by atoms with van der Waals surface area (Å²) in [4.78, 5) is 20.8. The highest BCUT2D eigenvalue weighted by atomic mass is 19.4. The molecule has 1 aliphatic heterocycles. The van der Waals surface area contributed by atoms with E-state index in [2.05, 4.69) is 46.3 Å². The number of nitrogens with zero attached hydrogens (tertiary/aromatic N) is 5. The van der Waals surface area contributed by atoms with Gasteiger partial charge in [0.25, 0.3) is 0 Å². The molecular weight excluding hydrogens is 433 g/mol. The molecule has 2 aromatic carbocycles. The first-order chi connectivity index (χ1) is 15.7. The number of aryl methyl sites for hydroxylation is 1. The van der Waals surface area contributed by atoms with Gasteiger partial charge in [0, 0.05) is 31.9 Å². The van der Waals surface area contributed by atoms with E-state index in [0.29, 0.717) is 18.8 Å². The summed E-state index contributed by atoms with van der Waals surface area (Å²) in [7, 11) is 0. The van der Waals surface area contributed by atoms with Gasteiger partial charge in [0.2, 0.25) is 5.91 Å². The lowest BCUT2D eigenvalue weighted by atomic mass is 10.1. The Labute approximate surface area is 189 Å². The van der Waals surface area contributed by atoms with Crippen LogP contribution in [0.4, 0.5) is 24.5 Å². The van der Waals surface area contributed by atoms with Crippen LogP contribution in [0.3, 0.4) is 0 Å². The molecule has 1 N–H and O–H groups in total. The normalized spacial score (nSPS) is 15.0. The molecule has 1 amide bonds. The number of alkyl halides is 3. The second kappa shape index (κ2) is 9.22. The minimum Gasteiger partial charge on any atom is -0.369 e. The zero-order valence-electron chi connectivity index (χ0n) is 18.4. The fourth-order valence-corrected chi connectivity index (χ4v) is 3.96. The first-order valence-electron chi connectivity index (χ1n) is 10.6. The molecule has 33 heavy (non-hydrogen) atoms. The van der Waals surface area contributed by atoms with Crippen LogP contribution < -0.4 is 10.2 Å². The van der Waals surface area contributed by atoms with Gasteiger partial charge in [-0.2, -0.15) is 18.3 Å². The number of rotatable bonds is 5. The van der Waals surface area contributed by atoms with Crippen LogP contribution in [0.2, 0.25) is 0 Å². The van der Waals surface area contributed by atoms with Crippen LogP contribution >= 0.6 is 0 Å². The summed E-state index contributed by atoms with van der Waals surface area (Å²) in [6.45, 7) is 7.18. The maximum Gasteiger partial charge on any atom is 0.416 e. The number of aromatic nitrogens is 3. The Morgan fingerprint density at radius 3 is 2.48 bits per heavy atom. The molecule has 0 atom stereocenters. The minimum absolute atomic E-state index is 0.0364. The van der Waals surface area contributed by atoms with E-state index in [1.807, 2.05) is 11.0 Å². The Morgan fingerprint density at radius 2 is 1.82 bits per heavy atom. The van der Waals surface area contributed by atoms with E-state index in [0.717, 1.165) is 25.2 Å². The fraction of sp³-hybridized carbons (Fsp3) is 0.348. The van der Waals surface area contributed by atoms with Gasteiger partial charge >= 0.3 is 6.18 Å². The highest BCUT2D eigenvalue weighted by Gasteiger charge is 2.31. The number of piperazine rings is 1. The van der Waals surface area contributed by atoms with Gasteiger partial charge in [-0.1, -0.05) is 12.1 Å². The third-order valence-electron chi connectivity index (χ3n) is 5.92. The Bertz CT molecular complexity index is 1120. The van der Waals surface area contributed by atoms with Crippen molar-refractivity contribution in [3.63, 3.8) is 0 Å². The average Bonchev–Trinajstić information content (AvgIpc) is 3.30. The van der Waals surface area contributed by atoms with Crippen LogP contribution in [-0.4, -0.2) is 58.3 Å². The van der Waals surface area contributed by atoms with Gasteiger partial charge < -0.3 is 10.2 Å².